The molecular formula is C18H19N. The molecule has 0 spiro atoms. The maximum atomic E-state index is 4.30. The maximum absolute atomic E-state index is 4.30. The van der Waals surface area contributed by atoms with E-state index in [1.807, 2.05) is 0 Å². The van der Waals surface area contributed by atoms with Gasteiger partial charge < -0.3 is 5.32 Å². The van der Waals surface area contributed by atoms with Crippen LogP contribution in [0, 0.1) is 0 Å². The fourth-order valence-electron chi connectivity index (χ4n) is 3.25. The molecule has 1 atom stereocenters. The van der Waals surface area contributed by atoms with Crippen molar-refractivity contribution >= 4 is 0 Å². The highest BCUT2D eigenvalue weighted by Crippen LogP contribution is 2.45. The van der Waals surface area contributed by atoms with Crippen molar-refractivity contribution in [3.63, 3.8) is 0 Å². The summed E-state index contributed by atoms with van der Waals surface area (Å²) >= 11 is 0. The van der Waals surface area contributed by atoms with E-state index >= 15 is 0 Å². The Kier molecular flexibility index (Phi) is 2.90. The lowest BCUT2D eigenvalue weighted by atomic mass is 9.71. The number of allylic oxidation sites excluding steroid dienone is 1. The third kappa shape index (κ3) is 1.86. The van der Waals surface area contributed by atoms with Crippen LogP contribution in [0.3, 0.4) is 0 Å². The highest BCUT2D eigenvalue weighted by Gasteiger charge is 2.43. The fraction of sp³-hybridized carbons (Fsp3) is 0.222. The zero-order chi connectivity index (χ0) is 13.3. The van der Waals surface area contributed by atoms with Gasteiger partial charge in [0.2, 0.25) is 0 Å². The van der Waals surface area contributed by atoms with Crippen molar-refractivity contribution in [1.82, 2.24) is 5.32 Å². The van der Waals surface area contributed by atoms with Gasteiger partial charge in [-0.3, -0.25) is 0 Å². The van der Waals surface area contributed by atoms with Crippen LogP contribution in [0.25, 0.3) is 0 Å². The summed E-state index contributed by atoms with van der Waals surface area (Å²) in [6.45, 7) is 6.52. The first-order chi connectivity index (χ1) is 9.23. The van der Waals surface area contributed by atoms with E-state index in [1.54, 1.807) is 0 Å². The Balaban J connectivity index is 2.20. The predicted molar refractivity (Wildman–Crippen MR) is 80.0 cm³/mol. The molecule has 19 heavy (non-hydrogen) atoms. The quantitative estimate of drug-likeness (QED) is 0.852. The van der Waals surface area contributed by atoms with Crippen LogP contribution in [0.2, 0.25) is 0 Å². The van der Waals surface area contributed by atoms with Crippen molar-refractivity contribution in [1.29, 1.82) is 0 Å². The van der Waals surface area contributed by atoms with Gasteiger partial charge in [-0.2, -0.15) is 0 Å². The topological polar surface area (TPSA) is 12.0 Å². The van der Waals surface area contributed by atoms with E-state index in [1.165, 1.54) is 11.1 Å². The first-order valence-corrected chi connectivity index (χ1v) is 6.80. The third-order valence-electron chi connectivity index (χ3n) is 4.08. The SMILES string of the molecule is C=C1NC(C)CC1(c1ccccc1)c1ccccc1. The van der Waals surface area contributed by atoms with E-state index in [0.717, 1.165) is 12.1 Å². The van der Waals surface area contributed by atoms with Crippen LogP contribution >= 0.6 is 0 Å². The molecule has 1 fully saturated rings. The van der Waals surface area contributed by atoms with E-state index in [-0.39, 0.29) is 5.41 Å². The molecule has 1 heterocycles. The summed E-state index contributed by atoms with van der Waals surface area (Å²) in [6, 6.07) is 21.8. The fourth-order valence-corrected chi connectivity index (χ4v) is 3.25. The minimum atomic E-state index is -0.0953. The third-order valence-corrected chi connectivity index (χ3v) is 4.08. The molecule has 0 amide bonds. The maximum Gasteiger partial charge on any atom is 0.0611 e. The molecular weight excluding hydrogens is 230 g/mol. The normalized spacial score (nSPS) is 21.1. The molecule has 2 aromatic carbocycles. The van der Waals surface area contributed by atoms with Gasteiger partial charge in [0.1, 0.15) is 0 Å². The van der Waals surface area contributed by atoms with Gasteiger partial charge in [0.05, 0.1) is 5.41 Å². The molecule has 0 radical (unpaired) electrons. The van der Waals surface area contributed by atoms with Gasteiger partial charge in [-0.05, 0) is 24.5 Å². The molecule has 1 N–H and O–H groups in total. The van der Waals surface area contributed by atoms with Crippen molar-refractivity contribution in [3.05, 3.63) is 84.1 Å². The number of nitrogens with one attached hydrogen (secondary N) is 1. The van der Waals surface area contributed by atoms with Crippen molar-refractivity contribution < 1.29 is 0 Å². The van der Waals surface area contributed by atoms with E-state index in [9.17, 15) is 0 Å². The van der Waals surface area contributed by atoms with Crippen molar-refractivity contribution in [2.75, 3.05) is 0 Å². The Morgan fingerprint density at radius 3 is 1.79 bits per heavy atom. The lowest BCUT2D eigenvalue weighted by molar-refractivity contribution is 0.581. The Morgan fingerprint density at radius 2 is 1.42 bits per heavy atom. The van der Waals surface area contributed by atoms with Crippen LogP contribution in [0.1, 0.15) is 24.5 Å². The summed E-state index contributed by atoms with van der Waals surface area (Å²) in [5.74, 6) is 0. The minimum Gasteiger partial charge on any atom is -0.385 e. The average molecular weight is 249 g/mol. The summed E-state index contributed by atoms with van der Waals surface area (Å²) in [6.07, 6.45) is 1.06. The van der Waals surface area contributed by atoms with E-state index in [0.29, 0.717) is 6.04 Å². The monoisotopic (exact) mass is 249 g/mol. The largest absolute Gasteiger partial charge is 0.385 e. The predicted octanol–water partition coefficient (Wildman–Crippen LogP) is 3.87. The smallest absolute Gasteiger partial charge is 0.0611 e. The molecule has 0 aliphatic carbocycles. The van der Waals surface area contributed by atoms with Crippen molar-refractivity contribution in [2.45, 2.75) is 24.8 Å². The molecule has 0 aromatic heterocycles. The van der Waals surface area contributed by atoms with Crippen LogP contribution in [0.5, 0.6) is 0 Å². The molecule has 1 aliphatic rings. The second-order valence-electron chi connectivity index (χ2n) is 5.37. The minimum absolute atomic E-state index is 0.0953. The molecule has 0 saturated carbocycles. The molecule has 2 aromatic rings. The Hall–Kier alpha value is -2.02. The van der Waals surface area contributed by atoms with E-state index in [2.05, 4.69) is 79.5 Å². The molecule has 1 aliphatic heterocycles. The van der Waals surface area contributed by atoms with Gasteiger partial charge in [0, 0.05) is 11.7 Å². The second-order valence-corrected chi connectivity index (χ2v) is 5.37. The number of hydrogen-bond acceptors (Lipinski definition) is 1. The Morgan fingerprint density at radius 1 is 0.947 bits per heavy atom. The highest BCUT2D eigenvalue weighted by atomic mass is 15.0. The molecule has 3 rings (SSSR count). The highest BCUT2D eigenvalue weighted by molar-refractivity contribution is 5.49. The van der Waals surface area contributed by atoms with Gasteiger partial charge in [0.25, 0.3) is 0 Å². The zero-order valence-corrected chi connectivity index (χ0v) is 11.3. The van der Waals surface area contributed by atoms with Crippen LogP contribution in [0.4, 0.5) is 0 Å². The Labute approximate surface area is 115 Å². The number of hydrogen-bond donors (Lipinski definition) is 1. The Bertz CT molecular complexity index is 532. The van der Waals surface area contributed by atoms with Crippen LogP contribution in [-0.4, -0.2) is 6.04 Å². The second kappa shape index (κ2) is 4.58. The zero-order valence-electron chi connectivity index (χ0n) is 11.3. The summed E-state index contributed by atoms with van der Waals surface area (Å²) in [5, 5.41) is 3.51. The van der Waals surface area contributed by atoms with Gasteiger partial charge in [-0.25, -0.2) is 0 Å². The molecule has 1 unspecified atom stereocenters. The summed E-state index contributed by atoms with van der Waals surface area (Å²) in [4.78, 5) is 0. The van der Waals surface area contributed by atoms with Gasteiger partial charge in [0.15, 0.2) is 0 Å². The lowest BCUT2D eigenvalue weighted by Crippen LogP contribution is -2.27. The molecule has 1 heteroatoms. The number of rotatable bonds is 2. The first kappa shape index (κ1) is 12.0. The summed E-state index contributed by atoms with van der Waals surface area (Å²) in [7, 11) is 0. The number of benzene rings is 2. The molecule has 96 valence electrons. The van der Waals surface area contributed by atoms with E-state index in [4.69, 9.17) is 0 Å². The van der Waals surface area contributed by atoms with Gasteiger partial charge in [-0.1, -0.05) is 67.2 Å². The molecule has 1 nitrogen and oxygen atoms in total. The summed E-state index contributed by atoms with van der Waals surface area (Å²) < 4.78 is 0. The van der Waals surface area contributed by atoms with Crippen LogP contribution < -0.4 is 5.32 Å². The average Bonchev–Trinajstić information content (AvgIpc) is 2.76. The van der Waals surface area contributed by atoms with Crippen molar-refractivity contribution in [2.24, 2.45) is 0 Å². The van der Waals surface area contributed by atoms with Crippen LogP contribution in [0.15, 0.2) is 72.9 Å². The standard InChI is InChI=1S/C18H19N/c1-14-13-18(15(2)19-14,16-9-5-3-6-10-16)17-11-7-4-8-12-17/h3-12,14,19H,2,13H2,1H3. The summed E-state index contributed by atoms with van der Waals surface area (Å²) in [5.41, 5.74) is 3.66. The molecule has 1 saturated heterocycles. The van der Waals surface area contributed by atoms with Crippen molar-refractivity contribution in [3.8, 4) is 0 Å². The van der Waals surface area contributed by atoms with Gasteiger partial charge >= 0.3 is 0 Å². The first-order valence-electron chi connectivity index (χ1n) is 6.80. The lowest BCUT2D eigenvalue weighted by Gasteiger charge is -2.31. The molecule has 0 bridgehead atoms. The van der Waals surface area contributed by atoms with Crippen LogP contribution in [-0.2, 0) is 5.41 Å². The van der Waals surface area contributed by atoms with Gasteiger partial charge in [-0.15, -0.1) is 0 Å². The van der Waals surface area contributed by atoms with E-state index < -0.39 is 0 Å².